The number of carbonyl (C=O) groups excluding carboxylic acids is 1. The minimum absolute atomic E-state index is 0.201. The fourth-order valence-electron chi connectivity index (χ4n) is 3.56. The Kier molecular flexibility index (Phi) is 5.35. The third-order valence-electron chi connectivity index (χ3n) is 4.92. The van der Waals surface area contributed by atoms with Crippen LogP contribution in [0.5, 0.6) is 0 Å². The average molecular weight is 333 g/mol. The molecule has 24 heavy (non-hydrogen) atoms. The first-order valence-electron chi connectivity index (χ1n) is 8.45. The number of benzene rings is 1. The lowest BCUT2D eigenvalue weighted by Gasteiger charge is -2.34. The van der Waals surface area contributed by atoms with Crippen molar-refractivity contribution in [3.8, 4) is 0 Å². The minimum Gasteiger partial charge on any atom is -0.481 e. The van der Waals surface area contributed by atoms with Crippen molar-refractivity contribution in [1.29, 1.82) is 0 Å². The number of carboxylic acid groups (broad SMARTS) is 1. The van der Waals surface area contributed by atoms with Crippen molar-refractivity contribution in [3.05, 3.63) is 35.9 Å². The van der Waals surface area contributed by atoms with Crippen LogP contribution in [0.25, 0.3) is 0 Å². The smallest absolute Gasteiger partial charge is 0.410 e. The lowest BCUT2D eigenvalue weighted by Crippen LogP contribution is -2.43. The number of carboxylic acids is 1. The number of amides is 1. The summed E-state index contributed by atoms with van der Waals surface area (Å²) in [6.07, 6.45) is 1.58. The third kappa shape index (κ3) is 3.87. The van der Waals surface area contributed by atoms with Gasteiger partial charge in [0.15, 0.2) is 0 Å². The molecule has 0 aromatic heterocycles. The largest absolute Gasteiger partial charge is 0.481 e. The second kappa shape index (κ2) is 7.66. The number of likely N-dealkylation sites (tertiary alicyclic amines) is 1. The molecule has 6 heteroatoms. The molecule has 6 nitrogen and oxygen atoms in total. The van der Waals surface area contributed by atoms with Crippen molar-refractivity contribution in [2.45, 2.75) is 32.0 Å². The first kappa shape index (κ1) is 16.8. The summed E-state index contributed by atoms with van der Waals surface area (Å²) >= 11 is 0. The molecular weight excluding hydrogens is 310 g/mol. The van der Waals surface area contributed by atoms with Crippen molar-refractivity contribution in [2.75, 3.05) is 19.7 Å². The Morgan fingerprint density at radius 2 is 1.88 bits per heavy atom. The highest BCUT2D eigenvalue weighted by Crippen LogP contribution is 2.33. The van der Waals surface area contributed by atoms with Crippen LogP contribution in [0.3, 0.4) is 0 Å². The van der Waals surface area contributed by atoms with Crippen LogP contribution in [0.1, 0.15) is 24.8 Å². The predicted octanol–water partition coefficient (Wildman–Crippen LogP) is 2.52. The number of hydrogen-bond donors (Lipinski definition) is 1. The van der Waals surface area contributed by atoms with Gasteiger partial charge in [0.05, 0.1) is 12.0 Å². The summed E-state index contributed by atoms with van der Waals surface area (Å²) in [5.41, 5.74) is 0.962. The summed E-state index contributed by atoms with van der Waals surface area (Å²) in [6, 6.07) is 9.59. The molecule has 0 saturated carbocycles. The van der Waals surface area contributed by atoms with Gasteiger partial charge in [0, 0.05) is 19.7 Å². The Labute approximate surface area is 141 Å². The van der Waals surface area contributed by atoms with Gasteiger partial charge in [-0.2, -0.15) is 0 Å². The summed E-state index contributed by atoms with van der Waals surface area (Å²) in [4.78, 5) is 25.1. The Morgan fingerprint density at radius 3 is 2.54 bits per heavy atom. The molecule has 3 rings (SSSR count). The van der Waals surface area contributed by atoms with Crippen LogP contribution >= 0.6 is 0 Å². The zero-order valence-corrected chi connectivity index (χ0v) is 13.6. The molecule has 0 bridgehead atoms. The minimum atomic E-state index is -0.776. The van der Waals surface area contributed by atoms with E-state index in [9.17, 15) is 14.7 Å². The molecule has 2 heterocycles. The monoisotopic (exact) mass is 333 g/mol. The van der Waals surface area contributed by atoms with Gasteiger partial charge in [-0.15, -0.1) is 0 Å². The number of hydrogen-bond acceptors (Lipinski definition) is 4. The lowest BCUT2D eigenvalue weighted by atomic mass is 9.84. The summed E-state index contributed by atoms with van der Waals surface area (Å²) in [6.45, 7) is 1.96. The summed E-state index contributed by atoms with van der Waals surface area (Å²) < 4.78 is 11.0. The molecule has 130 valence electrons. The Balaban J connectivity index is 1.46. The van der Waals surface area contributed by atoms with Crippen molar-refractivity contribution < 1.29 is 24.2 Å². The number of aliphatic carboxylic acids is 1. The van der Waals surface area contributed by atoms with Gasteiger partial charge in [0.1, 0.15) is 6.61 Å². The molecule has 2 aliphatic heterocycles. The van der Waals surface area contributed by atoms with E-state index in [1.54, 1.807) is 4.90 Å². The quantitative estimate of drug-likeness (QED) is 0.916. The Hall–Kier alpha value is -2.08. The van der Waals surface area contributed by atoms with E-state index >= 15 is 0 Å². The predicted molar refractivity (Wildman–Crippen MR) is 86.4 cm³/mol. The van der Waals surface area contributed by atoms with Gasteiger partial charge in [-0.1, -0.05) is 30.3 Å². The SMILES string of the molecule is O=C(O)[C@@H]1CCO[C@H]1C1CCN(C(=O)OCc2ccccc2)CC1. The number of piperidine rings is 1. The van der Waals surface area contributed by atoms with Crippen molar-refractivity contribution in [1.82, 2.24) is 4.90 Å². The molecule has 2 saturated heterocycles. The molecule has 0 aliphatic carbocycles. The van der Waals surface area contributed by atoms with E-state index in [-0.39, 0.29) is 24.7 Å². The standard InChI is InChI=1S/C18H23NO5/c20-17(21)15-8-11-23-16(15)14-6-9-19(10-7-14)18(22)24-12-13-4-2-1-3-5-13/h1-5,14-16H,6-12H2,(H,20,21)/t15-,16+/m1/s1. The molecule has 0 radical (unpaired) electrons. The van der Waals surface area contributed by atoms with Crippen molar-refractivity contribution >= 4 is 12.1 Å². The molecule has 2 fully saturated rings. The number of nitrogens with zero attached hydrogens (tertiary/aromatic N) is 1. The van der Waals surface area contributed by atoms with E-state index in [1.807, 2.05) is 30.3 Å². The summed E-state index contributed by atoms with van der Waals surface area (Å²) in [5, 5.41) is 9.27. The number of carbonyl (C=O) groups is 2. The maximum Gasteiger partial charge on any atom is 0.410 e. The van der Waals surface area contributed by atoms with Crippen LogP contribution in [-0.2, 0) is 20.9 Å². The van der Waals surface area contributed by atoms with Crippen LogP contribution in [0.15, 0.2) is 30.3 Å². The third-order valence-corrected chi connectivity index (χ3v) is 4.92. The highest BCUT2D eigenvalue weighted by Gasteiger charge is 2.40. The average Bonchev–Trinajstić information content (AvgIpc) is 3.11. The van der Waals surface area contributed by atoms with Crippen molar-refractivity contribution in [3.63, 3.8) is 0 Å². The van der Waals surface area contributed by atoms with Crippen LogP contribution in [0.4, 0.5) is 4.79 Å². The van der Waals surface area contributed by atoms with Gasteiger partial charge in [-0.3, -0.25) is 4.79 Å². The van der Waals surface area contributed by atoms with Gasteiger partial charge in [-0.25, -0.2) is 4.79 Å². The summed E-state index contributed by atoms with van der Waals surface area (Å²) in [7, 11) is 0. The highest BCUT2D eigenvalue weighted by atomic mass is 16.6. The first-order valence-corrected chi connectivity index (χ1v) is 8.45. The van der Waals surface area contributed by atoms with Crippen LogP contribution in [0.2, 0.25) is 0 Å². The topological polar surface area (TPSA) is 76.1 Å². The van der Waals surface area contributed by atoms with Gasteiger partial charge in [-0.05, 0) is 30.7 Å². The molecule has 2 atom stereocenters. The van der Waals surface area contributed by atoms with Gasteiger partial charge < -0.3 is 19.5 Å². The molecule has 1 N–H and O–H groups in total. The number of rotatable bonds is 4. The van der Waals surface area contributed by atoms with Gasteiger partial charge in [0.2, 0.25) is 0 Å². The molecule has 1 amide bonds. The lowest BCUT2D eigenvalue weighted by molar-refractivity contribution is -0.145. The van der Waals surface area contributed by atoms with Gasteiger partial charge in [0.25, 0.3) is 0 Å². The second-order valence-corrected chi connectivity index (χ2v) is 6.43. The first-order chi connectivity index (χ1) is 11.6. The van der Waals surface area contributed by atoms with Crippen LogP contribution < -0.4 is 0 Å². The molecule has 1 aromatic rings. The molecule has 1 aromatic carbocycles. The zero-order chi connectivity index (χ0) is 16.9. The fraction of sp³-hybridized carbons (Fsp3) is 0.556. The van der Waals surface area contributed by atoms with Crippen LogP contribution in [-0.4, -0.2) is 47.9 Å². The highest BCUT2D eigenvalue weighted by molar-refractivity contribution is 5.71. The second-order valence-electron chi connectivity index (χ2n) is 6.43. The maximum atomic E-state index is 12.2. The molecule has 0 unspecified atom stereocenters. The maximum absolute atomic E-state index is 12.2. The van der Waals surface area contributed by atoms with Gasteiger partial charge >= 0.3 is 12.1 Å². The van der Waals surface area contributed by atoms with E-state index in [1.165, 1.54) is 0 Å². The Bertz CT molecular complexity index is 568. The van der Waals surface area contributed by atoms with E-state index in [0.717, 1.165) is 18.4 Å². The normalized spacial score (nSPS) is 24.8. The van der Waals surface area contributed by atoms with Crippen LogP contribution in [0, 0.1) is 11.8 Å². The molecular formula is C18H23NO5. The van der Waals surface area contributed by atoms with Crippen molar-refractivity contribution in [2.24, 2.45) is 11.8 Å². The van der Waals surface area contributed by atoms with E-state index in [2.05, 4.69) is 0 Å². The molecule has 2 aliphatic rings. The fourth-order valence-corrected chi connectivity index (χ4v) is 3.56. The zero-order valence-electron chi connectivity index (χ0n) is 13.6. The van der Waals surface area contributed by atoms with E-state index in [0.29, 0.717) is 26.1 Å². The Morgan fingerprint density at radius 1 is 1.17 bits per heavy atom. The number of ether oxygens (including phenoxy) is 2. The van der Waals surface area contributed by atoms with E-state index < -0.39 is 11.9 Å². The molecule has 0 spiro atoms. The van der Waals surface area contributed by atoms with E-state index in [4.69, 9.17) is 9.47 Å². The summed E-state index contributed by atoms with van der Waals surface area (Å²) in [5.74, 6) is -0.986.